The van der Waals surface area contributed by atoms with E-state index in [9.17, 15) is 4.79 Å². The number of benzene rings is 2. The molecule has 1 amide bonds. The number of ether oxygens (including phenoxy) is 1. The minimum atomic E-state index is -0.0455. The fourth-order valence-corrected chi connectivity index (χ4v) is 3.50. The molecule has 4 rings (SSSR count). The molecule has 0 bridgehead atoms. The molecule has 1 aliphatic heterocycles. The first-order valence-electron chi connectivity index (χ1n) is 8.55. The summed E-state index contributed by atoms with van der Waals surface area (Å²) in [6.45, 7) is 2.22. The van der Waals surface area contributed by atoms with Crippen molar-refractivity contribution < 1.29 is 9.53 Å². The topological polar surface area (TPSA) is 68.5 Å². The van der Waals surface area contributed by atoms with Gasteiger partial charge in [0.25, 0.3) is 5.91 Å². The first-order valence-corrected chi connectivity index (χ1v) is 9.31. The molecule has 0 unspecified atom stereocenters. The lowest BCUT2D eigenvalue weighted by Gasteiger charge is -2.27. The Labute approximate surface area is 166 Å². The molecule has 5 nitrogen and oxygen atoms in total. The Kier molecular flexibility index (Phi) is 4.91. The first-order chi connectivity index (χ1) is 13.0. The fraction of sp³-hybridized carbons (Fsp3) is 0.200. The maximum atomic E-state index is 13.2. The van der Waals surface area contributed by atoms with Crippen LogP contribution in [0.3, 0.4) is 0 Å². The van der Waals surface area contributed by atoms with Crippen LogP contribution in [-0.4, -0.2) is 42.1 Å². The van der Waals surface area contributed by atoms with Crippen molar-refractivity contribution in [2.75, 3.05) is 32.0 Å². The molecule has 1 saturated heterocycles. The van der Waals surface area contributed by atoms with Gasteiger partial charge in [-0.1, -0.05) is 35.3 Å². The van der Waals surface area contributed by atoms with E-state index < -0.39 is 0 Å². The minimum absolute atomic E-state index is 0.0455. The standard InChI is InChI=1S/C20H17Cl2N3O2/c21-13-2-3-14-15(20(26)25-5-7-27-8-6-25)11-18(24-19(14)10-13)12-1-4-17(23)16(22)9-12/h1-4,9-11H,5-8,23H2. The zero-order chi connectivity index (χ0) is 19.0. The van der Waals surface area contributed by atoms with Crippen molar-refractivity contribution >= 4 is 45.7 Å². The van der Waals surface area contributed by atoms with Gasteiger partial charge in [-0.3, -0.25) is 4.79 Å². The van der Waals surface area contributed by atoms with Crippen LogP contribution in [0.1, 0.15) is 10.4 Å². The summed E-state index contributed by atoms with van der Waals surface area (Å²) >= 11 is 12.3. The number of halogens is 2. The minimum Gasteiger partial charge on any atom is -0.398 e. The number of carbonyl (C=O) groups is 1. The number of nitrogens with zero attached hydrogens (tertiary/aromatic N) is 2. The first kappa shape index (κ1) is 18.0. The highest BCUT2D eigenvalue weighted by Crippen LogP contribution is 2.30. The lowest BCUT2D eigenvalue weighted by molar-refractivity contribution is 0.0304. The number of anilines is 1. The third-order valence-corrected chi connectivity index (χ3v) is 5.16. The molecule has 2 heterocycles. The van der Waals surface area contributed by atoms with E-state index in [0.717, 1.165) is 10.9 Å². The van der Waals surface area contributed by atoms with Crippen molar-refractivity contribution in [3.63, 3.8) is 0 Å². The highest BCUT2D eigenvalue weighted by molar-refractivity contribution is 6.33. The summed E-state index contributed by atoms with van der Waals surface area (Å²) in [6.07, 6.45) is 0. The van der Waals surface area contributed by atoms with Gasteiger partial charge in [0.2, 0.25) is 0 Å². The molecule has 7 heteroatoms. The number of amides is 1. The van der Waals surface area contributed by atoms with E-state index in [2.05, 4.69) is 4.98 Å². The zero-order valence-corrected chi connectivity index (χ0v) is 15.9. The molecule has 1 aromatic heterocycles. The average molecular weight is 402 g/mol. The van der Waals surface area contributed by atoms with Gasteiger partial charge in [0, 0.05) is 29.1 Å². The van der Waals surface area contributed by atoms with Crippen molar-refractivity contribution in [3.8, 4) is 11.3 Å². The molecule has 0 aliphatic carbocycles. The summed E-state index contributed by atoms with van der Waals surface area (Å²) in [5, 5.41) is 1.77. The molecule has 2 aromatic carbocycles. The maximum Gasteiger partial charge on any atom is 0.254 e. The van der Waals surface area contributed by atoms with E-state index in [1.165, 1.54) is 0 Å². The van der Waals surface area contributed by atoms with E-state index in [-0.39, 0.29) is 5.91 Å². The predicted octanol–water partition coefficient (Wildman–Crippen LogP) is 4.26. The molecule has 2 N–H and O–H groups in total. The van der Waals surface area contributed by atoms with Crippen LogP contribution in [0, 0.1) is 0 Å². The second kappa shape index (κ2) is 7.35. The number of hydrogen-bond donors (Lipinski definition) is 1. The van der Waals surface area contributed by atoms with Crippen LogP contribution in [0.15, 0.2) is 42.5 Å². The molecular weight excluding hydrogens is 385 g/mol. The van der Waals surface area contributed by atoms with Gasteiger partial charge in [0.15, 0.2) is 0 Å². The Hall–Kier alpha value is -2.34. The molecule has 27 heavy (non-hydrogen) atoms. The summed E-state index contributed by atoms with van der Waals surface area (Å²) in [7, 11) is 0. The highest BCUT2D eigenvalue weighted by atomic mass is 35.5. The molecule has 1 fully saturated rings. The summed E-state index contributed by atoms with van der Waals surface area (Å²) < 4.78 is 5.36. The van der Waals surface area contributed by atoms with E-state index in [1.54, 1.807) is 35.2 Å². The Balaban J connectivity index is 1.88. The SMILES string of the molecule is Nc1ccc(-c2cc(C(=O)N3CCOCC3)c3ccc(Cl)cc3n2)cc1Cl. The van der Waals surface area contributed by atoms with Gasteiger partial charge in [0.05, 0.1) is 40.7 Å². The Morgan fingerprint density at radius 3 is 2.59 bits per heavy atom. The average Bonchev–Trinajstić information content (AvgIpc) is 2.69. The number of nitrogen functional groups attached to an aromatic ring is 1. The molecular formula is C20H17Cl2N3O2. The largest absolute Gasteiger partial charge is 0.398 e. The Morgan fingerprint density at radius 2 is 1.85 bits per heavy atom. The number of nitrogens with two attached hydrogens (primary N) is 1. The van der Waals surface area contributed by atoms with E-state index >= 15 is 0 Å². The van der Waals surface area contributed by atoms with Gasteiger partial charge in [-0.25, -0.2) is 4.98 Å². The second-order valence-corrected chi connectivity index (χ2v) is 7.20. The maximum absolute atomic E-state index is 13.2. The second-order valence-electron chi connectivity index (χ2n) is 6.36. The van der Waals surface area contributed by atoms with Crippen LogP contribution in [-0.2, 0) is 4.74 Å². The third-order valence-electron chi connectivity index (χ3n) is 4.60. The number of fused-ring (bicyclic) bond motifs is 1. The summed E-state index contributed by atoms with van der Waals surface area (Å²) in [5.74, 6) is -0.0455. The number of morpholine rings is 1. The molecule has 0 radical (unpaired) electrons. The Bertz CT molecular complexity index is 1030. The van der Waals surface area contributed by atoms with Crippen LogP contribution >= 0.6 is 23.2 Å². The normalized spacial score (nSPS) is 14.5. The van der Waals surface area contributed by atoms with Crippen molar-refractivity contribution in [2.24, 2.45) is 0 Å². The van der Waals surface area contributed by atoms with Gasteiger partial charge in [-0.15, -0.1) is 0 Å². The van der Waals surface area contributed by atoms with Crippen molar-refractivity contribution in [3.05, 3.63) is 58.1 Å². The predicted molar refractivity (Wildman–Crippen MR) is 108 cm³/mol. The van der Waals surface area contributed by atoms with Crippen molar-refractivity contribution in [1.29, 1.82) is 0 Å². The van der Waals surface area contributed by atoms with E-state index in [1.807, 2.05) is 12.1 Å². The monoisotopic (exact) mass is 401 g/mol. The van der Waals surface area contributed by atoms with Crippen molar-refractivity contribution in [1.82, 2.24) is 9.88 Å². The van der Waals surface area contributed by atoms with Gasteiger partial charge < -0.3 is 15.4 Å². The third kappa shape index (κ3) is 3.58. The van der Waals surface area contributed by atoms with Crippen LogP contribution < -0.4 is 5.73 Å². The molecule has 1 aliphatic rings. The fourth-order valence-electron chi connectivity index (χ4n) is 3.15. The zero-order valence-electron chi connectivity index (χ0n) is 14.4. The van der Waals surface area contributed by atoms with Crippen LogP contribution in [0.5, 0.6) is 0 Å². The molecule has 0 spiro atoms. The smallest absolute Gasteiger partial charge is 0.254 e. The van der Waals surface area contributed by atoms with Gasteiger partial charge in [-0.05, 0) is 30.3 Å². The van der Waals surface area contributed by atoms with Crippen LogP contribution in [0.2, 0.25) is 10.0 Å². The molecule has 0 atom stereocenters. The summed E-state index contributed by atoms with van der Waals surface area (Å²) in [4.78, 5) is 19.7. The quantitative estimate of drug-likeness (QED) is 0.651. The van der Waals surface area contributed by atoms with Gasteiger partial charge >= 0.3 is 0 Å². The Morgan fingerprint density at radius 1 is 1.07 bits per heavy atom. The van der Waals surface area contributed by atoms with Crippen LogP contribution in [0.25, 0.3) is 22.2 Å². The van der Waals surface area contributed by atoms with E-state index in [0.29, 0.717) is 58.8 Å². The van der Waals surface area contributed by atoms with Gasteiger partial charge in [0.1, 0.15) is 0 Å². The lowest BCUT2D eigenvalue weighted by Crippen LogP contribution is -2.40. The van der Waals surface area contributed by atoms with Gasteiger partial charge in [-0.2, -0.15) is 0 Å². The molecule has 0 saturated carbocycles. The highest BCUT2D eigenvalue weighted by Gasteiger charge is 2.22. The summed E-state index contributed by atoms with van der Waals surface area (Å²) in [5.41, 5.74) is 8.97. The molecule has 138 valence electrons. The number of rotatable bonds is 2. The lowest BCUT2D eigenvalue weighted by atomic mass is 10.0. The van der Waals surface area contributed by atoms with E-state index in [4.69, 9.17) is 33.7 Å². The number of aromatic nitrogens is 1. The number of carbonyl (C=O) groups excluding carboxylic acids is 1. The van der Waals surface area contributed by atoms with Crippen molar-refractivity contribution in [2.45, 2.75) is 0 Å². The number of hydrogen-bond acceptors (Lipinski definition) is 4. The van der Waals surface area contributed by atoms with Crippen LogP contribution in [0.4, 0.5) is 5.69 Å². The molecule has 3 aromatic rings. The summed E-state index contributed by atoms with van der Waals surface area (Å²) in [6, 6.07) is 12.5. The number of pyridine rings is 1.